The summed E-state index contributed by atoms with van der Waals surface area (Å²) in [6, 6.07) is 18.5. The molecule has 0 saturated heterocycles. The van der Waals surface area contributed by atoms with Crippen molar-refractivity contribution in [2.45, 2.75) is 67.0 Å². The average Bonchev–Trinajstić information content (AvgIpc) is 3.84. The molecule has 8 rings (SSSR count). The molecule has 0 spiro atoms. The van der Waals surface area contributed by atoms with Crippen LogP contribution in [0.3, 0.4) is 0 Å². The molecule has 0 aliphatic carbocycles. The highest BCUT2D eigenvalue weighted by atomic mass is 35.5. The first kappa shape index (κ1) is 42.9. The molecule has 14 heteroatoms. The third-order valence-corrected chi connectivity index (χ3v) is 12.7. The number of rotatable bonds is 15. The minimum atomic E-state index is -1.16. The minimum Gasteiger partial charge on any atom is -0.494 e. The maximum absolute atomic E-state index is 15.7. The number of ether oxygens (including phenoxy) is 3. The summed E-state index contributed by atoms with van der Waals surface area (Å²) in [6.45, 7) is 13.9. The van der Waals surface area contributed by atoms with Gasteiger partial charge in [-0.25, -0.2) is 4.79 Å². The Morgan fingerprint density at radius 3 is 2.35 bits per heavy atom. The Labute approximate surface area is 370 Å². The first-order chi connectivity index (χ1) is 29.8. The number of carbonyl (C=O) groups excluding carboxylic acids is 1. The molecule has 0 unspecified atom stereocenters. The van der Waals surface area contributed by atoms with Crippen LogP contribution in [0.25, 0.3) is 32.9 Å². The number of fused-ring (bicyclic) bond motifs is 4. The standard InChI is InChI=1S/C48H50Cl2N6O6/c1-8-60-20-21-62-33-14-17-39-37(24-33)41(48(58)59)46(54(39)26-32-12-9-10-18-51-32)55-25-29(4)56-44-36(15-16-38(49)42(44)40-30(5)52-53(7)31(40)6)35(45(56)47(55)57)13-11-19-61-34-22-27(2)43(50)28(3)23-34/h9-10,12,14-18,22-24,29H,8,11,13,19-21,25-26H2,1-7H3,(H,58,59)/t29-/m1/s1. The Balaban J connectivity index is 1.30. The number of hydrogen-bond acceptors (Lipinski definition) is 7. The minimum absolute atomic E-state index is 0.00476. The predicted molar refractivity (Wildman–Crippen MR) is 244 cm³/mol. The van der Waals surface area contributed by atoms with E-state index >= 15 is 4.79 Å². The van der Waals surface area contributed by atoms with Gasteiger partial charge in [-0.1, -0.05) is 35.3 Å². The maximum atomic E-state index is 15.7. The Hall–Kier alpha value is -5.82. The molecular formula is C48H50Cl2N6O6. The molecule has 1 aliphatic rings. The molecule has 12 nitrogen and oxygen atoms in total. The molecule has 7 aromatic rings. The Kier molecular flexibility index (Phi) is 12.1. The second-order valence-corrected chi connectivity index (χ2v) is 16.7. The van der Waals surface area contributed by atoms with Crippen molar-refractivity contribution < 1.29 is 28.9 Å². The third-order valence-electron chi connectivity index (χ3n) is 11.8. The van der Waals surface area contributed by atoms with E-state index in [9.17, 15) is 9.90 Å². The van der Waals surface area contributed by atoms with Crippen LogP contribution in [0.15, 0.2) is 66.9 Å². The van der Waals surface area contributed by atoms with E-state index in [2.05, 4.69) is 16.5 Å². The van der Waals surface area contributed by atoms with E-state index in [1.807, 2.05) is 106 Å². The fraction of sp³-hybridized carbons (Fsp3) is 0.333. The highest BCUT2D eigenvalue weighted by Crippen LogP contribution is 2.46. The summed E-state index contributed by atoms with van der Waals surface area (Å²) in [7, 11) is 1.91. The lowest BCUT2D eigenvalue weighted by molar-refractivity contribution is 0.0699. The molecule has 0 bridgehead atoms. The van der Waals surface area contributed by atoms with E-state index in [1.165, 1.54) is 0 Å². The van der Waals surface area contributed by atoms with Gasteiger partial charge in [0.1, 0.15) is 35.2 Å². The average molecular weight is 878 g/mol. The van der Waals surface area contributed by atoms with Crippen LogP contribution in [-0.2, 0) is 24.8 Å². The number of hydrogen-bond donors (Lipinski definition) is 1. The molecule has 0 radical (unpaired) electrons. The Morgan fingerprint density at radius 2 is 1.68 bits per heavy atom. The number of aromatic nitrogens is 5. The van der Waals surface area contributed by atoms with Gasteiger partial charge in [0, 0.05) is 65.1 Å². The van der Waals surface area contributed by atoms with E-state index in [4.69, 9.17) is 42.5 Å². The molecule has 0 fully saturated rings. The zero-order chi connectivity index (χ0) is 44.0. The first-order valence-corrected chi connectivity index (χ1v) is 21.6. The number of amides is 1. The fourth-order valence-electron chi connectivity index (χ4n) is 8.99. The number of anilines is 1. The van der Waals surface area contributed by atoms with E-state index in [-0.39, 0.29) is 36.4 Å². The second-order valence-electron chi connectivity index (χ2n) is 15.9. The molecule has 3 aromatic carbocycles. The third kappa shape index (κ3) is 7.69. The van der Waals surface area contributed by atoms with E-state index in [1.54, 1.807) is 17.2 Å². The SMILES string of the molecule is CCOCCOc1ccc2c(c1)c(C(=O)O)c(N1C[C@@H](C)n3c(c(CCCOc4cc(C)c(Cl)c(C)c4)c4ccc(Cl)c(-c5c(C)nn(C)c5C)c43)C1=O)n2Cc1ccccn1. The maximum Gasteiger partial charge on any atom is 0.340 e. The fourth-order valence-corrected chi connectivity index (χ4v) is 9.35. The lowest BCUT2D eigenvalue weighted by Crippen LogP contribution is -2.44. The largest absolute Gasteiger partial charge is 0.494 e. The predicted octanol–water partition coefficient (Wildman–Crippen LogP) is 10.3. The summed E-state index contributed by atoms with van der Waals surface area (Å²) < 4.78 is 23.6. The molecule has 4 aromatic heterocycles. The summed E-state index contributed by atoms with van der Waals surface area (Å²) >= 11 is 13.6. The van der Waals surface area contributed by atoms with Crippen molar-refractivity contribution in [2.75, 3.05) is 37.9 Å². The highest BCUT2D eigenvalue weighted by molar-refractivity contribution is 6.35. The number of aromatic carboxylic acids is 1. The first-order valence-electron chi connectivity index (χ1n) is 20.9. The number of aryl methyl sites for hydroxylation is 5. The van der Waals surface area contributed by atoms with Gasteiger partial charge in [0.2, 0.25) is 0 Å². The molecule has 1 N–H and O–H groups in total. The van der Waals surface area contributed by atoms with Crippen molar-refractivity contribution in [2.24, 2.45) is 7.05 Å². The molecule has 322 valence electrons. The highest BCUT2D eigenvalue weighted by Gasteiger charge is 2.40. The van der Waals surface area contributed by atoms with Gasteiger partial charge in [0.15, 0.2) is 0 Å². The van der Waals surface area contributed by atoms with E-state index in [0.717, 1.165) is 55.9 Å². The van der Waals surface area contributed by atoms with Crippen LogP contribution in [0.5, 0.6) is 11.5 Å². The Bertz CT molecular complexity index is 2840. The molecule has 1 amide bonds. The van der Waals surface area contributed by atoms with Gasteiger partial charge in [0.05, 0.1) is 47.2 Å². The molecule has 0 saturated carbocycles. The van der Waals surface area contributed by atoms with Gasteiger partial charge in [-0.2, -0.15) is 5.10 Å². The van der Waals surface area contributed by atoms with Crippen LogP contribution in [0.2, 0.25) is 10.0 Å². The Morgan fingerprint density at radius 1 is 0.919 bits per heavy atom. The van der Waals surface area contributed by atoms with E-state index < -0.39 is 5.97 Å². The monoisotopic (exact) mass is 876 g/mol. The van der Waals surface area contributed by atoms with Gasteiger partial charge in [-0.3, -0.25) is 19.4 Å². The molecule has 62 heavy (non-hydrogen) atoms. The topological polar surface area (TPSA) is 126 Å². The van der Waals surface area contributed by atoms with Crippen LogP contribution >= 0.6 is 23.2 Å². The molecule has 1 atom stereocenters. The van der Waals surface area contributed by atoms with E-state index in [0.29, 0.717) is 77.4 Å². The van der Waals surface area contributed by atoms with Crippen molar-refractivity contribution in [1.29, 1.82) is 0 Å². The van der Waals surface area contributed by atoms with Crippen LogP contribution in [0, 0.1) is 27.7 Å². The van der Waals surface area contributed by atoms with Gasteiger partial charge < -0.3 is 28.5 Å². The number of carbonyl (C=O) groups is 2. The normalized spacial score (nSPS) is 14.0. The van der Waals surface area contributed by atoms with Crippen molar-refractivity contribution in [3.8, 4) is 22.6 Å². The van der Waals surface area contributed by atoms with Crippen LogP contribution in [0.4, 0.5) is 5.82 Å². The van der Waals surface area contributed by atoms with Crippen molar-refractivity contribution in [3.05, 3.63) is 122 Å². The van der Waals surface area contributed by atoms with Crippen LogP contribution in [-0.4, -0.2) is 73.9 Å². The van der Waals surface area contributed by atoms with Gasteiger partial charge in [-0.15, -0.1) is 0 Å². The number of carboxylic acid groups (broad SMARTS) is 1. The zero-order valence-electron chi connectivity index (χ0n) is 36.0. The summed E-state index contributed by atoms with van der Waals surface area (Å²) in [6.07, 6.45) is 2.78. The molecule has 1 aliphatic heterocycles. The van der Waals surface area contributed by atoms with Crippen molar-refractivity contribution in [3.63, 3.8) is 0 Å². The van der Waals surface area contributed by atoms with Crippen molar-refractivity contribution >= 4 is 62.7 Å². The lowest BCUT2D eigenvalue weighted by atomic mass is 9.98. The smallest absolute Gasteiger partial charge is 0.340 e. The number of halogens is 2. The summed E-state index contributed by atoms with van der Waals surface area (Å²) in [5.74, 6) is 0.0213. The second kappa shape index (κ2) is 17.5. The summed E-state index contributed by atoms with van der Waals surface area (Å²) in [4.78, 5) is 35.5. The number of carboxylic acids is 1. The molecular weight excluding hydrogens is 827 g/mol. The number of nitrogens with zero attached hydrogens (tertiary/aromatic N) is 6. The lowest BCUT2D eigenvalue weighted by Gasteiger charge is -2.35. The van der Waals surface area contributed by atoms with Crippen LogP contribution in [0.1, 0.15) is 80.9 Å². The van der Waals surface area contributed by atoms with Gasteiger partial charge in [0.25, 0.3) is 5.91 Å². The van der Waals surface area contributed by atoms with Gasteiger partial charge in [-0.05, 0) is 120 Å². The number of benzene rings is 3. The summed E-state index contributed by atoms with van der Waals surface area (Å²) in [5.41, 5.74) is 8.86. The van der Waals surface area contributed by atoms with Crippen molar-refractivity contribution in [1.82, 2.24) is 23.9 Å². The zero-order valence-corrected chi connectivity index (χ0v) is 37.5. The molecule has 5 heterocycles. The quantitative estimate of drug-likeness (QED) is 0.101. The number of pyridine rings is 1. The summed E-state index contributed by atoms with van der Waals surface area (Å²) in [5, 5.41) is 18.4. The van der Waals surface area contributed by atoms with Gasteiger partial charge >= 0.3 is 5.97 Å². The van der Waals surface area contributed by atoms with Crippen LogP contribution < -0.4 is 14.4 Å².